The van der Waals surface area contributed by atoms with Crippen molar-refractivity contribution in [2.75, 3.05) is 0 Å². The molecule has 0 aliphatic carbocycles. The molecule has 6 heteroatoms. The van der Waals surface area contributed by atoms with Crippen LogP contribution < -0.4 is 4.74 Å². The van der Waals surface area contributed by atoms with Crippen molar-refractivity contribution in [3.8, 4) is 5.75 Å². The summed E-state index contributed by atoms with van der Waals surface area (Å²) in [6.45, 7) is 2.59. The van der Waals surface area contributed by atoms with Gasteiger partial charge in [0, 0.05) is 13.0 Å². The Kier molecular flexibility index (Phi) is 3.34. The second-order valence-electron chi connectivity index (χ2n) is 3.13. The monoisotopic (exact) mass is 223 g/mol. The summed E-state index contributed by atoms with van der Waals surface area (Å²) in [7, 11) is 0. The molecule has 0 aliphatic rings. The van der Waals surface area contributed by atoms with Gasteiger partial charge in [-0.2, -0.15) is 0 Å². The van der Waals surface area contributed by atoms with E-state index in [4.69, 9.17) is 0 Å². The number of para-hydroxylation sites is 1. The third-order valence-corrected chi connectivity index (χ3v) is 1.87. The highest BCUT2D eigenvalue weighted by molar-refractivity contribution is 6.33. The van der Waals surface area contributed by atoms with E-state index in [0.29, 0.717) is 5.56 Å². The maximum Gasteiger partial charge on any atom is 0.379 e. The molecule has 0 unspecified atom stereocenters. The van der Waals surface area contributed by atoms with Crippen molar-refractivity contribution in [3.63, 3.8) is 0 Å². The zero-order chi connectivity index (χ0) is 12.3. The summed E-state index contributed by atoms with van der Waals surface area (Å²) in [6.07, 6.45) is 0. The molecular weight excluding hydrogens is 214 g/mol. The van der Waals surface area contributed by atoms with Crippen molar-refractivity contribution >= 4 is 17.4 Å². The van der Waals surface area contributed by atoms with Gasteiger partial charge in [0.15, 0.2) is 0 Å². The first kappa shape index (κ1) is 11.8. The zero-order valence-corrected chi connectivity index (χ0v) is 8.72. The Balaban J connectivity index is 3.16. The van der Waals surface area contributed by atoms with E-state index in [1.54, 1.807) is 13.0 Å². The molecule has 0 radical (unpaired) electrons. The lowest BCUT2D eigenvalue weighted by Gasteiger charge is -2.05. The van der Waals surface area contributed by atoms with Crippen molar-refractivity contribution in [2.24, 2.45) is 0 Å². The summed E-state index contributed by atoms with van der Waals surface area (Å²) in [5.41, 5.74) is 0.0819. The van der Waals surface area contributed by atoms with Crippen molar-refractivity contribution in [3.05, 3.63) is 33.9 Å². The van der Waals surface area contributed by atoms with E-state index in [0.717, 1.165) is 6.92 Å². The van der Waals surface area contributed by atoms with Crippen LogP contribution in [0.15, 0.2) is 18.2 Å². The molecule has 0 atom stereocenters. The number of nitrogens with zero attached hydrogens (tertiary/aromatic N) is 1. The maximum absolute atomic E-state index is 11.0. The van der Waals surface area contributed by atoms with Crippen LogP contribution in [0.4, 0.5) is 5.69 Å². The van der Waals surface area contributed by atoms with Gasteiger partial charge in [-0.3, -0.25) is 14.9 Å². The average molecular weight is 223 g/mol. The molecule has 6 nitrogen and oxygen atoms in total. The Morgan fingerprint density at radius 3 is 2.50 bits per heavy atom. The fourth-order valence-corrected chi connectivity index (χ4v) is 1.08. The van der Waals surface area contributed by atoms with Crippen molar-refractivity contribution in [2.45, 2.75) is 13.8 Å². The lowest BCUT2D eigenvalue weighted by molar-refractivity contribution is -0.385. The highest BCUT2D eigenvalue weighted by atomic mass is 16.6. The fraction of sp³-hybridized carbons (Fsp3) is 0.200. The summed E-state index contributed by atoms with van der Waals surface area (Å²) in [5, 5.41) is 10.7. The molecule has 0 amide bonds. The first-order chi connectivity index (χ1) is 7.43. The van der Waals surface area contributed by atoms with Gasteiger partial charge in [-0.1, -0.05) is 12.1 Å². The van der Waals surface area contributed by atoms with Crippen molar-refractivity contribution < 1.29 is 19.2 Å². The topological polar surface area (TPSA) is 86.5 Å². The largest absolute Gasteiger partial charge is 0.413 e. The molecule has 0 saturated heterocycles. The molecule has 0 aromatic heterocycles. The highest BCUT2D eigenvalue weighted by Gasteiger charge is 2.21. The molecule has 1 aromatic carbocycles. The van der Waals surface area contributed by atoms with Crippen molar-refractivity contribution in [1.82, 2.24) is 0 Å². The molecule has 0 aliphatic heterocycles. The standard InChI is InChI=1S/C10H9NO5/c1-6-4-3-5-8(11(14)15)9(6)16-10(13)7(2)12/h3-5H,1-2H3. The van der Waals surface area contributed by atoms with Gasteiger partial charge in [0.25, 0.3) is 0 Å². The minimum absolute atomic E-state index is 0.187. The minimum Gasteiger partial charge on any atom is -0.413 e. The molecule has 16 heavy (non-hydrogen) atoms. The van der Waals surface area contributed by atoms with Crippen LogP contribution in [0.3, 0.4) is 0 Å². The number of hydrogen-bond acceptors (Lipinski definition) is 5. The van der Waals surface area contributed by atoms with Crippen LogP contribution >= 0.6 is 0 Å². The number of rotatable bonds is 3. The molecule has 1 rings (SSSR count). The Bertz CT molecular complexity index is 466. The number of ether oxygens (including phenoxy) is 1. The second-order valence-corrected chi connectivity index (χ2v) is 3.13. The van der Waals surface area contributed by atoms with Gasteiger partial charge < -0.3 is 4.74 Å². The third-order valence-electron chi connectivity index (χ3n) is 1.87. The Morgan fingerprint density at radius 2 is 2.00 bits per heavy atom. The molecular formula is C10H9NO5. The smallest absolute Gasteiger partial charge is 0.379 e. The maximum atomic E-state index is 11.0. The molecule has 0 heterocycles. The van der Waals surface area contributed by atoms with Crippen LogP contribution in [-0.2, 0) is 9.59 Å². The minimum atomic E-state index is -1.11. The van der Waals surface area contributed by atoms with Gasteiger partial charge in [0.05, 0.1) is 4.92 Å². The number of carbonyl (C=O) groups is 2. The Morgan fingerprint density at radius 1 is 1.38 bits per heavy atom. The van der Waals surface area contributed by atoms with E-state index in [1.165, 1.54) is 12.1 Å². The first-order valence-corrected chi connectivity index (χ1v) is 4.40. The van der Waals surface area contributed by atoms with E-state index in [9.17, 15) is 19.7 Å². The van der Waals surface area contributed by atoms with Gasteiger partial charge in [0.2, 0.25) is 11.5 Å². The van der Waals surface area contributed by atoms with E-state index >= 15 is 0 Å². The second kappa shape index (κ2) is 4.52. The number of nitro benzene ring substituents is 1. The normalized spacial score (nSPS) is 9.62. The lowest BCUT2D eigenvalue weighted by atomic mass is 10.2. The van der Waals surface area contributed by atoms with Crippen LogP contribution in [-0.4, -0.2) is 16.7 Å². The van der Waals surface area contributed by atoms with Gasteiger partial charge >= 0.3 is 11.7 Å². The fourth-order valence-electron chi connectivity index (χ4n) is 1.08. The number of hydrogen-bond donors (Lipinski definition) is 0. The number of ketones is 1. The SMILES string of the molecule is CC(=O)C(=O)Oc1c(C)cccc1[N+](=O)[O-]. The molecule has 0 spiro atoms. The van der Waals surface area contributed by atoms with Gasteiger partial charge in [0.1, 0.15) is 0 Å². The molecule has 1 aromatic rings. The summed E-state index contributed by atoms with van der Waals surface area (Å²) in [5.74, 6) is -2.11. The summed E-state index contributed by atoms with van der Waals surface area (Å²) >= 11 is 0. The van der Waals surface area contributed by atoms with Crippen LogP contribution in [0.5, 0.6) is 5.75 Å². The molecule has 84 valence electrons. The number of Topliss-reactive ketones (excluding diaryl/α,β-unsaturated/α-hetero) is 1. The van der Waals surface area contributed by atoms with Crippen LogP contribution in [0.1, 0.15) is 12.5 Å². The average Bonchev–Trinajstić information content (AvgIpc) is 2.20. The highest BCUT2D eigenvalue weighted by Crippen LogP contribution is 2.30. The third kappa shape index (κ3) is 2.41. The first-order valence-electron chi connectivity index (χ1n) is 4.40. The molecule has 0 N–H and O–H groups in total. The predicted molar refractivity (Wildman–Crippen MR) is 54.1 cm³/mol. The van der Waals surface area contributed by atoms with E-state index < -0.39 is 16.7 Å². The summed E-state index contributed by atoms with van der Waals surface area (Å²) < 4.78 is 4.67. The van der Waals surface area contributed by atoms with Crippen molar-refractivity contribution in [1.29, 1.82) is 0 Å². The molecule has 0 bridgehead atoms. The van der Waals surface area contributed by atoms with Gasteiger partial charge in [-0.05, 0) is 12.5 Å². The van der Waals surface area contributed by atoms with Crippen LogP contribution in [0, 0.1) is 17.0 Å². The molecule has 0 saturated carbocycles. The zero-order valence-electron chi connectivity index (χ0n) is 8.72. The predicted octanol–water partition coefficient (Wildman–Crippen LogP) is 1.40. The molecule has 0 fully saturated rings. The summed E-state index contributed by atoms with van der Waals surface area (Å²) in [6, 6.07) is 4.23. The Labute approximate surface area is 91.0 Å². The van der Waals surface area contributed by atoms with Gasteiger partial charge in [-0.25, -0.2) is 4.79 Å². The lowest BCUT2D eigenvalue weighted by Crippen LogP contribution is -2.18. The van der Waals surface area contributed by atoms with Crippen LogP contribution in [0.25, 0.3) is 0 Å². The number of aryl methyl sites for hydroxylation is 1. The number of esters is 1. The number of nitro groups is 1. The Hall–Kier alpha value is -2.24. The van der Waals surface area contributed by atoms with E-state index in [1.807, 2.05) is 0 Å². The van der Waals surface area contributed by atoms with E-state index in [-0.39, 0.29) is 11.4 Å². The number of carbonyl (C=O) groups excluding carboxylic acids is 2. The van der Waals surface area contributed by atoms with E-state index in [2.05, 4.69) is 4.74 Å². The summed E-state index contributed by atoms with van der Waals surface area (Å²) in [4.78, 5) is 31.7. The quantitative estimate of drug-likeness (QED) is 0.254. The van der Waals surface area contributed by atoms with Gasteiger partial charge in [-0.15, -0.1) is 0 Å². The number of benzene rings is 1. The van der Waals surface area contributed by atoms with Crippen LogP contribution in [0.2, 0.25) is 0 Å².